The van der Waals surface area contributed by atoms with E-state index in [1.165, 1.54) is 16.7 Å². The zero-order chi connectivity index (χ0) is 27.0. The third kappa shape index (κ3) is 8.65. The Hall–Kier alpha value is -3.44. The summed E-state index contributed by atoms with van der Waals surface area (Å²) in [5.74, 6) is -1.23. The zero-order valence-corrected chi connectivity index (χ0v) is 20.9. The fourth-order valence-corrected chi connectivity index (χ4v) is 3.82. The summed E-state index contributed by atoms with van der Waals surface area (Å²) in [7, 11) is 3.21. The minimum absolute atomic E-state index is 0.00470. The van der Waals surface area contributed by atoms with Crippen molar-refractivity contribution in [2.45, 2.75) is 18.3 Å². The fourth-order valence-electron chi connectivity index (χ4n) is 2.79. The van der Waals surface area contributed by atoms with Crippen molar-refractivity contribution >= 4 is 46.8 Å². The highest BCUT2D eigenvalue weighted by atomic mass is 35.5. The summed E-state index contributed by atoms with van der Waals surface area (Å²) in [4.78, 5) is 24.9. The second-order valence-electron chi connectivity index (χ2n) is 7.67. The van der Waals surface area contributed by atoms with E-state index in [4.69, 9.17) is 22.1 Å². The maximum atomic E-state index is 12.7. The number of nitrogens with zero attached hydrogens (tertiary/aromatic N) is 1. The van der Waals surface area contributed by atoms with Gasteiger partial charge in [0.05, 0.1) is 17.0 Å². The maximum absolute atomic E-state index is 12.7. The van der Waals surface area contributed by atoms with E-state index in [0.717, 1.165) is 29.8 Å². The normalized spacial score (nSPS) is 11.8. The lowest BCUT2D eigenvalue weighted by molar-refractivity contribution is -0.138. The van der Waals surface area contributed by atoms with Gasteiger partial charge in [0.25, 0.3) is 5.91 Å². The lowest BCUT2D eigenvalue weighted by Crippen LogP contribution is -2.26. The Labute approximate surface area is 215 Å². The summed E-state index contributed by atoms with van der Waals surface area (Å²) in [6, 6.07) is 10.8. The van der Waals surface area contributed by atoms with Crippen molar-refractivity contribution in [2.75, 3.05) is 19.4 Å². The number of carboxylic acid groups (broad SMARTS) is 1. The van der Waals surface area contributed by atoms with Gasteiger partial charge in [-0.3, -0.25) is 15.0 Å². The van der Waals surface area contributed by atoms with Crippen molar-refractivity contribution in [1.29, 1.82) is 5.41 Å². The number of thioether (sulfide) groups is 1. The molecule has 2 rings (SSSR count). The summed E-state index contributed by atoms with van der Waals surface area (Å²) in [6.07, 6.45) is -4.90. The van der Waals surface area contributed by atoms with Crippen LogP contribution in [0, 0.1) is 5.41 Å². The van der Waals surface area contributed by atoms with E-state index < -0.39 is 30.0 Å². The second-order valence-corrected chi connectivity index (χ2v) is 9.12. The smallest absolute Gasteiger partial charge is 0.416 e. The molecule has 0 fully saturated rings. The Morgan fingerprint density at radius 3 is 2.19 bits per heavy atom. The van der Waals surface area contributed by atoms with Gasteiger partial charge in [0.1, 0.15) is 11.0 Å². The Morgan fingerprint density at radius 1 is 1.11 bits per heavy atom. The van der Waals surface area contributed by atoms with Crippen LogP contribution in [0.15, 0.2) is 70.9 Å². The van der Waals surface area contributed by atoms with Crippen molar-refractivity contribution in [3.05, 3.63) is 87.6 Å². The van der Waals surface area contributed by atoms with Gasteiger partial charge in [-0.2, -0.15) is 13.2 Å². The molecular formula is C24H24ClF3N4O3S. The van der Waals surface area contributed by atoms with Crippen molar-refractivity contribution in [2.24, 2.45) is 0 Å². The number of rotatable bonds is 10. The van der Waals surface area contributed by atoms with Crippen LogP contribution in [0.4, 0.5) is 18.9 Å². The number of anilines is 1. The van der Waals surface area contributed by atoms with Gasteiger partial charge in [-0.05, 0) is 42.0 Å². The van der Waals surface area contributed by atoms with E-state index in [1.54, 1.807) is 38.4 Å². The molecule has 0 heterocycles. The molecule has 0 saturated heterocycles. The summed E-state index contributed by atoms with van der Waals surface area (Å²) in [5, 5.41) is 23.0. The number of alkyl halides is 3. The quantitative estimate of drug-likeness (QED) is 0.175. The second kappa shape index (κ2) is 12.5. The highest BCUT2D eigenvalue weighted by Crippen LogP contribution is 2.29. The number of halogens is 4. The first-order valence-electron chi connectivity index (χ1n) is 10.3. The number of nitrogens with one attached hydrogen (secondary N) is 3. The van der Waals surface area contributed by atoms with Crippen LogP contribution in [-0.4, -0.2) is 41.8 Å². The predicted molar refractivity (Wildman–Crippen MR) is 136 cm³/mol. The Morgan fingerprint density at radius 2 is 1.69 bits per heavy atom. The van der Waals surface area contributed by atoms with E-state index in [1.807, 2.05) is 0 Å². The summed E-state index contributed by atoms with van der Waals surface area (Å²) in [5.41, 5.74) is 0.728. The summed E-state index contributed by atoms with van der Waals surface area (Å²) < 4.78 is 38.0. The number of benzene rings is 2. The third-order valence-electron chi connectivity index (χ3n) is 4.67. The topological polar surface area (TPSA) is 106 Å². The highest BCUT2D eigenvalue weighted by Gasteiger charge is 2.30. The van der Waals surface area contributed by atoms with Crippen LogP contribution in [0.2, 0.25) is 0 Å². The molecule has 12 heteroatoms. The molecule has 4 N–H and O–H groups in total. The number of hydrogen-bond donors (Lipinski definition) is 4. The molecule has 0 aliphatic carbocycles. The molecule has 36 heavy (non-hydrogen) atoms. The van der Waals surface area contributed by atoms with Crippen LogP contribution in [-0.2, 0) is 16.7 Å². The first kappa shape index (κ1) is 28.8. The average molecular weight is 541 g/mol. The monoisotopic (exact) mass is 540 g/mol. The number of likely N-dealkylation sites (N-methyl/N-ethyl adjacent to an activating group) is 1. The van der Waals surface area contributed by atoms with Crippen LogP contribution in [0.25, 0.3) is 0 Å². The zero-order valence-electron chi connectivity index (χ0n) is 19.4. The van der Waals surface area contributed by atoms with Crippen LogP contribution >= 0.6 is 23.4 Å². The lowest BCUT2D eigenvalue weighted by atomic mass is 10.1. The molecule has 2 aromatic rings. The number of carboxylic acids is 1. The van der Waals surface area contributed by atoms with Gasteiger partial charge in [0.15, 0.2) is 0 Å². The van der Waals surface area contributed by atoms with Gasteiger partial charge >= 0.3 is 12.1 Å². The van der Waals surface area contributed by atoms with E-state index in [2.05, 4.69) is 17.2 Å². The SMILES string of the molecule is C=C(NC(Cl)=C(CC(=O)O)C(=N)N(C)C)SCc1ccc(NC(=O)c2ccc(C(F)(F)F)cc2)cc1. The molecule has 0 unspecified atom stereocenters. The molecule has 0 radical (unpaired) electrons. The molecule has 0 aliphatic heterocycles. The van der Waals surface area contributed by atoms with Gasteiger partial charge in [0.2, 0.25) is 0 Å². The van der Waals surface area contributed by atoms with Crippen LogP contribution < -0.4 is 10.6 Å². The lowest BCUT2D eigenvalue weighted by Gasteiger charge is -2.18. The van der Waals surface area contributed by atoms with E-state index >= 15 is 0 Å². The standard InChI is InChI=1S/C24H24ClF3N4O3S/c1-14(30-21(25)19(12-20(33)34)22(29)32(2)3)36-13-15-4-10-18(11-5-15)31-23(35)16-6-8-17(9-7-16)24(26,27)28/h4-11,29-30H,1,12-13H2,2-3H3,(H,31,35)(H,33,34). The Kier molecular flexibility index (Phi) is 10.00. The van der Waals surface area contributed by atoms with Crippen LogP contribution in [0.3, 0.4) is 0 Å². The molecule has 7 nitrogen and oxygen atoms in total. The molecule has 1 amide bonds. The molecule has 0 aliphatic rings. The highest BCUT2D eigenvalue weighted by molar-refractivity contribution is 8.02. The number of amidine groups is 1. The van der Waals surface area contributed by atoms with Crippen molar-refractivity contribution < 1.29 is 27.9 Å². The van der Waals surface area contributed by atoms with Gasteiger partial charge in [-0.15, -0.1) is 11.8 Å². The Balaban J connectivity index is 1.95. The average Bonchev–Trinajstić information content (AvgIpc) is 2.80. The fraction of sp³-hybridized carbons (Fsp3) is 0.208. The molecule has 0 spiro atoms. The number of carbonyl (C=O) groups excluding carboxylic acids is 1. The van der Waals surface area contributed by atoms with Crippen LogP contribution in [0.1, 0.15) is 27.9 Å². The number of hydrogen-bond acceptors (Lipinski definition) is 5. The largest absolute Gasteiger partial charge is 0.481 e. The molecule has 0 atom stereocenters. The molecule has 0 bridgehead atoms. The van der Waals surface area contributed by atoms with E-state index in [9.17, 15) is 22.8 Å². The minimum Gasteiger partial charge on any atom is -0.481 e. The summed E-state index contributed by atoms with van der Waals surface area (Å²) >= 11 is 7.52. The van der Waals surface area contributed by atoms with Crippen molar-refractivity contribution in [3.63, 3.8) is 0 Å². The molecule has 0 aromatic heterocycles. The summed E-state index contributed by atoms with van der Waals surface area (Å²) in [6.45, 7) is 3.86. The molecule has 192 valence electrons. The van der Waals surface area contributed by atoms with Crippen molar-refractivity contribution in [3.8, 4) is 0 Å². The van der Waals surface area contributed by atoms with Gasteiger partial charge in [0, 0.05) is 36.7 Å². The number of aliphatic carboxylic acids is 1. The van der Waals surface area contributed by atoms with Crippen molar-refractivity contribution in [1.82, 2.24) is 10.2 Å². The van der Waals surface area contributed by atoms with Gasteiger partial charge < -0.3 is 20.6 Å². The third-order valence-corrected chi connectivity index (χ3v) is 5.93. The van der Waals surface area contributed by atoms with Gasteiger partial charge in [-0.25, -0.2) is 0 Å². The minimum atomic E-state index is -4.47. The number of amides is 1. The van der Waals surface area contributed by atoms with E-state index in [-0.39, 0.29) is 22.1 Å². The first-order chi connectivity index (χ1) is 16.8. The molecule has 0 saturated carbocycles. The van der Waals surface area contributed by atoms with E-state index in [0.29, 0.717) is 16.5 Å². The maximum Gasteiger partial charge on any atom is 0.416 e. The molecular weight excluding hydrogens is 517 g/mol. The predicted octanol–water partition coefficient (Wildman–Crippen LogP) is 5.72. The number of carbonyl (C=O) groups is 2. The van der Waals surface area contributed by atoms with Gasteiger partial charge in [-0.1, -0.05) is 30.3 Å². The first-order valence-corrected chi connectivity index (χ1v) is 11.7. The molecule has 2 aromatic carbocycles. The Bertz CT molecular complexity index is 1160. The van der Waals surface area contributed by atoms with Crippen LogP contribution in [0.5, 0.6) is 0 Å².